The number of aliphatic hydroxyl groups excluding tert-OH is 1. The molecule has 1 amide bonds. The van der Waals surface area contributed by atoms with E-state index in [1.807, 2.05) is 12.1 Å². The molecule has 0 heterocycles. The molecule has 1 fully saturated rings. The second-order valence-corrected chi connectivity index (χ2v) is 5.04. The molecule has 0 unspecified atom stereocenters. The number of amides is 1. The standard InChI is InChI=1S/C15H21NO3/c1-2-15(8-3-9-15)14(18)16-12-4-6-13(7-5-12)19-11-10-17/h4-7,17H,2-3,8-11H2,1H3,(H,16,18). The van der Waals surface area contributed by atoms with E-state index in [-0.39, 0.29) is 24.5 Å². The molecule has 2 rings (SSSR count). The molecule has 1 aliphatic rings. The fraction of sp³-hybridized carbons (Fsp3) is 0.533. The van der Waals surface area contributed by atoms with Gasteiger partial charge in [0, 0.05) is 11.1 Å². The third-order valence-electron chi connectivity index (χ3n) is 3.94. The lowest BCUT2D eigenvalue weighted by molar-refractivity contribution is -0.130. The van der Waals surface area contributed by atoms with Gasteiger partial charge in [-0.05, 0) is 43.5 Å². The molecule has 0 saturated heterocycles. The number of nitrogens with one attached hydrogen (secondary N) is 1. The van der Waals surface area contributed by atoms with Gasteiger partial charge in [0.25, 0.3) is 0 Å². The van der Waals surface area contributed by atoms with Gasteiger partial charge in [-0.25, -0.2) is 0 Å². The van der Waals surface area contributed by atoms with Crippen LogP contribution in [0, 0.1) is 5.41 Å². The molecular weight excluding hydrogens is 242 g/mol. The Kier molecular flexibility index (Phi) is 4.43. The van der Waals surface area contributed by atoms with Gasteiger partial charge in [0.15, 0.2) is 0 Å². The van der Waals surface area contributed by atoms with Gasteiger partial charge < -0.3 is 15.2 Å². The molecule has 19 heavy (non-hydrogen) atoms. The molecule has 2 N–H and O–H groups in total. The highest BCUT2D eigenvalue weighted by atomic mass is 16.5. The van der Waals surface area contributed by atoms with Crippen LogP contribution in [0.5, 0.6) is 5.75 Å². The van der Waals surface area contributed by atoms with E-state index in [1.54, 1.807) is 12.1 Å². The van der Waals surface area contributed by atoms with Crippen molar-refractivity contribution in [3.8, 4) is 5.75 Å². The molecule has 0 aromatic heterocycles. The molecular formula is C15H21NO3. The predicted octanol–water partition coefficient (Wildman–Crippen LogP) is 2.58. The first kappa shape index (κ1) is 13.9. The van der Waals surface area contributed by atoms with Gasteiger partial charge in [-0.1, -0.05) is 13.3 Å². The van der Waals surface area contributed by atoms with E-state index in [0.717, 1.165) is 31.4 Å². The number of aliphatic hydroxyl groups is 1. The average Bonchev–Trinajstić information content (AvgIpc) is 2.37. The Labute approximate surface area is 113 Å². The smallest absolute Gasteiger partial charge is 0.230 e. The Morgan fingerprint density at radius 1 is 1.37 bits per heavy atom. The number of anilines is 1. The summed E-state index contributed by atoms with van der Waals surface area (Å²) in [6.45, 7) is 2.35. The minimum atomic E-state index is -0.147. The predicted molar refractivity (Wildman–Crippen MR) is 74.2 cm³/mol. The summed E-state index contributed by atoms with van der Waals surface area (Å²) in [5.74, 6) is 0.825. The van der Waals surface area contributed by atoms with E-state index in [4.69, 9.17) is 9.84 Å². The normalized spacial score (nSPS) is 16.5. The van der Waals surface area contributed by atoms with E-state index in [9.17, 15) is 4.79 Å². The SMILES string of the molecule is CCC1(C(=O)Nc2ccc(OCCO)cc2)CCC1. The molecule has 104 valence electrons. The second kappa shape index (κ2) is 6.06. The molecule has 4 nitrogen and oxygen atoms in total. The van der Waals surface area contributed by atoms with Gasteiger partial charge >= 0.3 is 0 Å². The van der Waals surface area contributed by atoms with Crippen molar-refractivity contribution in [2.75, 3.05) is 18.5 Å². The van der Waals surface area contributed by atoms with Crippen LogP contribution in [0.15, 0.2) is 24.3 Å². The first-order valence-corrected chi connectivity index (χ1v) is 6.85. The fourth-order valence-electron chi connectivity index (χ4n) is 2.41. The van der Waals surface area contributed by atoms with E-state index in [2.05, 4.69) is 12.2 Å². The van der Waals surface area contributed by atoms with Gasteiger partial charge in [-0.2, -0.15) is 0 Å². The van der Waals surface area contributed by atoms with E-state index in [1.165, 1.54) is 0 Å². The molecule has 4 heteroatoms. The number of carbonyl (C=O) groups is 1. The summed E-state index contributed by atoms with van der Waals surface area (Å²) in [5, 5.41) is 11.6. The quantitative estimate of drug-likeness (QED) is 0.829. The van der Waals surface area contributed by atoms with Crippen LogP contribution in [0.4, 0.5) is 5.69 Å². The lowest BCUT2D eigenvalue weighted by atomic mass is 9.66. The summed E-state index contributed by atoms with van der Waals surface area (Å²) in [6, 6.07) is 7.24. The molecule has 0 spiro atoms. The number of carbonyl (C=O) groups excluding carboxylic acids is 1. The molecule has 1 saturated carbocycles. The highest BCUT2D eigenvalue weighted by Gasteiger charge is 2.42. The lowest BCUT2D eigenvalue weighted by Crippen LogP contribution is -2.41. The van der Waals surface area contributed by atoms with Gasteiger partial charge in [0.1, 0.15) is 12.4 Å². The minimum absolute atomic E-state index is 0.00247. The van der Waals surface area contributed by atoms with Gasteiger partial charge in [0.2, 0.25) is 5.91 Å². The summed E-state index contributed by atoms with van der Waals surface area (Å²) < 4.78 is 5.27. The lowest BCUT2D eigenvalue weighted by Gasteiger charge is -2.39. The van der Waals surface area contributed by atoms with Crippen molar-refractivity contribution in [2.45, 2.75) is 32.6 Å². The zero-order valence-corrected chi connectivity index (χ0v) is 11.3. The molecule has 0 atom stereocenters. The average molecular weight is 263 g/mol. The summed E-state index contributed by atoms with van der Waals surface area (Å²) in [6.07, 6.45) is 4.03. The largest absolute Gasteiger partial charge is 0.491 e. The van der Waals surface area contributed by atoms with Crippen LogP contribution >= 0.6 is 0 Å². The van der Waals surface area contributed by atoms with Crippen molar-refractivity contribution >= 4 is 11.6 Å². The number of hydrogen-bond acceptors (Lipinski definition) is 3. The number of benzene rings is 1. The molecule has 0 aliphatic heterocycles. The maximum atomic E-state index is 12.2. The Morgan fingerprint density at radius 2 is 2.05 bits per heavy atom. The molecule has 1 aromatic rings. The van der Waals surface area contributed by atoms with Gasteiger partial charge in [-0.3, -0.25) is 4.79 Å². The maximum Gasteiger partial charge on any atom is 0.230 e. The van der Waals surface area contributed by atoms with Crippen LogP contribution < -0.4 is 10.1 Å². The summed E-state index contributed by atoms with van der Waals surface area (Å²) in [5.41, 5.74) is 0.646. The Bertz CT molecular complexity index is 418. The van der Waals surface area contributed by atoms with E-state index >= 15 is 0 Å². The summed E-state index contributed by atoms with van der Waals surface area (Å²) in [7, 11) is 0. The second-order valence-electron chi connectivity index (χ2n) is 5.04. The zero-order chi connectivity index (χ0) is 13.7. The summed E-state index contributed by atoms with van der Waals surface area (Å²) >= 11 is 0. The molecule has 0 radical (unpaired) electrons. The molecule has 1 aromatic carbocycles. The van der Waals surface area contributed by atoms with Crippen LogP contribution in [-0.4, -0.2) is 24.2 Å². The zero-order valence-electron chi connectivity index (χ0n) is 11.3. The first-order chi connectivity index (χ1) is 9.20. The molecule has 1 aliphatic carbocycles. The van der Waals surface area contributed by atoms with Crippen molar-refractivity contribution < 1.29 is 14.6 Å². The maximum absolute atomic E-state index is 12.2. The van der Waals surface area contributed by atoms with Gasteiger partial charge in [-0.15, -0.1) is 0 Å². The molecule has 0 bridgehead atoms. The van der Waals surface area contributed by atoms with Crippen LogP contribution in [0.2, 0.25) is 0 Å². The van der Waals surface area contributed by atoms with E-state index in [0.29, 0.717) is 5.75 Å². The van der Waals surface area contributed by atoms with Crippen molar-refractivity contribution in [2.24, 2.45) is 5.41 Å². The van der Waals surface area contributed by atoms with Gasteiger partial charge in [0.05, 0.1) is 6.61 Å². The van der Waals surface area contributed by atoms with Crippen molar-refractivity contribution in [1.82, 2.24) is 0 Å². The van der Waals surface area contributed by atoms with Crippen molar-refractivity contribution in [3.05, 3.63) is 24.3 Å². The Balaban J connectivity index is 1.94. The highest BCUT2D eigenvalue weighted by molar-refractivity contribution is 5.95. The number of ether oxygens (including phenoxy) is 1. The number of hydrogen-bond donors (Lipinski definition) is 2. The van der Waals surface area contributed by atoms with Crippen LogP contribution in [0.1, 0.15) is 32.6 Å². The third-order valence-corrected chi connectivity index (χ3v) is 3.94. The monoisotopic (exact) mass is 263 g/mol. The first-order valence-electron chi connectivity index (χ1n) is 6.85. The van der Waals surface area contributed by atoms with Crippen LogP contribution in [0.25, 0.3) is 0 Å². The summed E-state index contributed by atoms with van der Waals surface area (Å²) in [4.78, 5) is 12.2. The Hall–Kier alpha value is -1.55. The number of rotatable bonds is 6. The fourth-order valence-corrected chi connectivity index (χ4v) is 2.41. The highest BCUT2D eigenvalue weighted by Crippen LogP contribution is 2.44. The topological polar surface area (TPSA) is 58.6 Å². The minimum Gasteiger partial charge on any atom is -0.491 e. The van der Waals surface area contributed by atoms with Crippen LogP contribution in [-0.2, 0) is 4.79 Å². The van der Waals surface area contributed by atoms with E-state index < -0.39 is 0 Å². The van der Waals surface area contributed by atoms with Crippen LogP contribution in [0.3, 0.4) is 0 Å². The third kappa shape index (κ3) is 3.07. The Morgan fingerprint density at radius 3 is 2.53 bits per heavy atom. The van der Waals surface area contributed by atoms with Crippen molar-refractivity contribution in [1.29, 1.82) is 0 Å². The van der Waals surface area contributed by atoms with Crippen molar-refractivity contribution in [3.63, 3.8) is 0 Å².